The number of rotatable bonds is 10. The summed E-state index contributed by atoms with van der Waals surface area (Å²) in [6, 6.07) is 14.7. The fourth-order valence-electron chi connectivity index (χ4n) is 9.59. The van der Waals surface area contributed by atoms with Crippen LogP contribution in [0.1, 0.15) is 90.2 Å². The topological polar surface area (TPSA) is 224 Å². The molecule has 2 aromatic carbocycles. The number of esters is 3. The second-order valence-corrected chi connectivity index (χ2v) is 17.4. The molecule has 3 fully saturated rings. The summed E-state index contributed by atoms with van der Waals surface area (Å²) in [6.45, 7) is 12.3. The minimum Gasteiger partial charge on any atom is -0.456 e. The van der Waals surface area contributed by atoms with Crippen LogP contribution in [-0.4, -0.2) is 111 Å². The first-order chi connectivity index (χ1) is 27.6. The lowest BCUT2D eigenvalue weighted by Crippen LogP contribution is -2.81. The Morgan fingerprint density at radius 1 is 0.932 bits per heavy atom. The van der Waals surface area contributed by atoms with Crippen LogP contribution >= 0.6 is 0 Å². The molecule has 1 amide bonds. The van der Waals surface area contributed by atoms with Crippen LogP contribution in [0.4, 0.5) is 4.79 Å². The monoisotopic (exact) mass is 821 g/mol. The predicted octanol–water partition coefficient (Wildman–Crippen LogP) is 3.51. The van der Waals surface area contributed by atoms with Gasteiger partial charge in [0, 0.05) is 25.2 Å². The zero-order valence-electron chi connectivity index (χ0n) is 34.5. The molecule has 2 aromatic rings. The molecule has 4 aliphatic rings. The van der Waals surface area contributed by atoms with Gasteiger partial charge in [0.1, 0.15) is 36.1 Å². The highest BCUT2D eigenvalue weighted by Crippen LogP contribution is 2.64. The van der Waals surface area contributed by atoms with Crippen molar-refractivity contribution in [2.75, 3.05) is 6.61 Å². The highest BCUT2D eigenvalue weighted by molar-refractivity contribution is 5.94. The van der Waals surface area contributed by atoms with Crippen LogP contribution in [0.3, 0.4) is 0 Å². The first-order valence-corrected chi connectivity index (χ1v) is 19.9. The van der Waals surface area contributed by atoms with Crippen molar-refractivity contribution in [2.45, 2.75) is 128 Å². The van der Waals surface area contributed by atoms with E-state index >= 15 is 0 Å². The minimum atomic E-state index is -2.35. The van der Waals surface area contributed by atoms with Crippen molar-refractivity contribution in [3.8, 4) is 0 Å². The number of aliphatic hydroxyl groups excluding tert-OH is 3. The minimum absolute atomic E-state index is 0.0321. The molecule has 1 saturated heterocycles. The average molecular weight is 822 g/mol. The Bertz CT molecular complexity index is 1980. The van der Waals surface area contributed by atoms with Crippen molar-refractivity contribution < 1.29 is 68.1 Å². The van der Waals surface area contributed by atoms with E-state index in [9.17, 15) is 44.4 Å². The Kier molecular flexibility index (Phi) is 12.0. The van der Waals surface area contributed by atoms with Crippen LogP contribution < -0.4 is 5.32 Å². The highest BCUT2D eigenvalue weighted by Gasteiger charge is 2.78. The molecule has 15 nitrogen and oxygen atoms in total. The summed E-state index contributed by atoms with van der Waals surface area (Å²) in [5.74, 6) is -5.39. The second-order valence-electron chi connectivity index (χ2n) is 17.4. The van der Waals surface area contributed by atoms with Crippen LogP contribution in [0.25, 0.3) is 0 Å². The second kappa shape index (κ2) is 16.1. The Balaban J connectivity index is 1.47. The molecule has 1 aliphatic heterocycles. The molecule has 6 rings (SSSR count). The third-order valence-electron chi connectivity index (χ3n) is 13.4. The van der Waals surface area contributed by atoms with Gasteiger partial charge in [-0.3, -0.25) is 9.59 Å². The standard InChI is InChI=1S/C44H55NO14/c1-22(2)24(4)56-40(53)45-32(26-15-11-9-12-16-26)34(49)39(52)57-28-20-44(54)37(58-38(51)27-17-13-10-14-18-27)35-42(8,36(50)33(48)31(23(28)3)41(44,6)7)29(47)19-30-43(35,21-55-30)59-25(5)46/h9-18,22,24,28-30,32-35,37,47-49,54H,19-21H2,1-8H3,(H,45,53)/t24?,28-,29-,30+,32-,33+,34+,35-,37-,42+,43-,44+/m0/s1. The lowest BCUT2D eigenvalue weighted by Gasteiger charge is -2.67. The van der Waals surface area contributed by atoms with Gasteiger partial charge >= 0.3 is 24.0 Å². The number of fused-ring (bicyclic) bond motifs is 5. The number of benzene rings is 2. The van der Waals surface area contributed by atoms with E-state index in [4.69, 9.17) is 23.7 Å². The van der Waals surface area contributed by atoms with Gasteiger partial charge in [-0.25, -0.2) is 14.4 Å². The summed E-state index contributed by atoms with van der Waals surface area (Å²) < 4.78 is 29.6. The first-order valence-electron chi connectivity index (χ1n) is 19.9. The molecule has 0 spiro atoms. The molecule has 1 heterocycles. The molecular formula is C44H55NO14. The smallest absolute Gasteiger partial charge is 0.407 e. The molecule has 0 aromatic heterocycles. The van der Waals surface area contributed by atoms with E-state index in [-0.39, 0.29) is 35.7 Å². The SMILES string of the molecule is CC(=O)O[C@@]12CO[C@@H]1C[C@H](O)[C@@]1(C)C(=O)[C@H](O)C3=C(C)[C@@H](OC(=O)[C@H](O)[C@@H](NC(=O)OC(C)C(C)C)c4ccccc4)C[C@@](O)([C@@H](OC(=O)c4ccccc4)[C@H]21)C3(C)C. The van der Waals surface area contributed by atoms with Crippen molar-refractivity contribution in [1.29, 1.82) is 0 Å². The molecule has 15 heteroatoms. The Labute approximate surface area is 343 Å². The highest BCUT2D eigenvalue weighted by atomic mass is 16.6. The van der Waals surface area contributed by atoms with Gasteiger partial charge in [0.05, 0.1) is 35.6 Å². The fraction of sp³-hybridized carbons (Fsp3) is 0.568. The van der Waals surface area contributed by atoms with Gasteiger partial charge in [0.25, 0.3) is 0 Å². The van der Waals surface area contributed by atoms with Crippen molar-refractivity contribution in [2.24, 2.45) is 22.7 Å². The molecule has 3 aliphatic carbocycles. The van der Waals surface area contributed by atoms with Crippen LogP contribution in [0, 0.1) is 22.7 Å². The summed E-state index contributed by atoms with van der Waals surface area (Å²) >= 11 is 0. The van der Waals surface area contributed by atoms with Crippen LogP contribution in [0.5, 0.6) is 0 Å². The van der Waals surface area contributed by atoms with Crippen LogP contribution in [0.15, 0.2) is 71.8 Å². The average Bonchev–Trinajstić information content (AvgIpc) is 3.18. The Hall–Kier alpha value is -4.67. The maximum atomic E-state index is 15.0. The molecule has 2 bridgehead atoms. The molecule has 320 valence electrons. The van der Waals surface area contributed by atoms with E-state index in [2.05, 4.69) is 5.32 Å². The molecule has 12 atom stereocenters. The van der Waals surface area contributed by atoms with E-state index in [1.807, 2.05) is 13.8 Å². The maximum absolute atomic E-state index is 15.0. The predicted molar refractivity (Wildman–Crippen MR) is 208 cm³/mol. The number of aliphatic hydroxyl groups is 4. The Morgan fingerprint density at radius 3 is 2.10 bits per heavy atom. The van der Waals surface area contributed by atoms with Crippen LogP contribution in [0.2, 0.25) is 0 Å². The largest absolute Gasteiger partial charge is 0.456 e. The number of alkyl carbamates (subject to hydrolysis) is 1. The number of carbonyl (C=O) groups excluding carboxylic acids is 5. The third kappa shape index (κ3) is 7.34. The van der Waals surface area contributed by atoms with Gasteiger partial charge in [-0.05, 0) is 55.5 Å². The van der Waals surface area contributed by atoms with Gasteiger partial charge in [0.2, 0.25) is 0 Å². The zero-order chi connectivity index (χ0) is 43.4. The lowest BCUT2D eigenvalue weighted by atomic mass is 9.44. The summed E-state index contributed by atoms with van der Waals surface area (Å²) in [4.78, 5) is 69.1. The fourth-order valence-corrected chi connectivity index (χ4v) is 9.59. The number of ketones is 1. The maximum Gasteiger partial charge on any atom is 0.407 e. The van der Waals surface area contributed by atoms with Crippen LogP contribution in [-0.2, 0) is 38.1 Å². The number of hydrogen-bond donors (Lipinski definition) is 5. The van der Waals surface area contributed by atoms with Crippen molar-refractivity contribution in [1.82, 2.24) is 5.32 Å². The van der Waals surface area contributed by atoms with E-state index in [1.165, 1.54) is 26.0 Å². The van der Waals surface area contributed by atoms with Gasteiger partial charge < -0.3 is 49.4 Å². The van der Waals surface area contributed by atoms with E-state index in [0.717, 1.165) is 6.92 Å². The molecule has 2 saturated carbocycles. The van der Waals surface area contributed by atoms with E-state index < -0.39 is 113 Å². The first kappa shape index (κ1) is 43.9. The normalized spacial score (nSPS) is 33.7. The molecule has 0 radical (unpaired) electrons. The number of carbonyl (C=O) groups is 5. The zero-order valence-corrected chi connectivity index (χ0v) is 34.5. The van der Waals surface area contributed by atoms with Gasteiger partial charge in [-0.15, -0.1) is 0 Å². The summed E-state index contributed by atoms with van der Waals surface area (Å²) in [7, 11) is 0. The molecular weight excluding hydrogens is 766 g/mol. The van der Waals surface area contributed by atoms with Gasteiger partial charge in [0.15, 0.2) is 17.5 Å². The lowest BCUT2D eigenvalue weighted by molar-refractivity contribution is -0.346. The van der Waals surface area contributed by atoms with Gasteiger partial charge in [-0.2, -0.15) is 0 Å². The number of nitrogens with one attached hydrogen (secondary N) is 1. The summed E-state index contributed by atoms with van der Waals surface area (Å²) in [6.07, 6.45) is -12.0. The van der Waals surface area contributed by atoms with Crippen molar-refractivity contribution in [3.63, 3.8) is 0 Å². The number of Topliss-reactive ketones (excluding diaryl/α,β-unsaturated/α-hetero) is 1. The van der Waals surface area contributed by atoms with E-state index in [0.29, 0.717) is 5.56 Å². The summed E-state index contributed by atoms with van der Waals surface area (Å²) in [5.41, 5.74) is -7.21. The Morgan fingerprint density at radius 2 is 1.54 bits per heavy atom. The summed E-state index contributed by atoms with van der Waals surface area (Å²) in [5, 5.41) is 51.7. The number of hydrogen-bond acceptors (Lipinski definition) is 14. The molecule has 59 heavy (non-hydrogen) atoms. The molecule has 5 N–H and O–H groups in total. The molecule has 1 unspecified atom stereocenters. The van der Waals surface area contributed by atoms with Crippen molar-refractivity contribution >= 4 is 29.8 Å². The number of ether oxygens (including phenoxy) is 5. The number of amides is 1. The third-order valence-corrected chi connectivity index (χ3v) is 13.4. The quantitative estimate of drug-likeness (QED) is 0.132. The van der Waals surface area contributed by atoms with Gasteiger partial charge in [-0.1, -0.05) is 76.2 Å². The van der Waals surface area contributed by atoms with Crippen molar-refractivity contribution in [3.05, 3.63) is 82.9 Å². The van der Waals surface area contributed by atoms with E-state index in [1.54, 1.807) is 69.3 Å².